The number of nitrogens with two attached hydrogens (primary N) is 1. The van der Waals surface area contributed by atoms with Crippen molar-refractivity contribution in [2.75, 3.05) is 4.90 Å². The predicted molar refractivity (Wildman–Crippen MR) is 88.3 cm³/mol. The van der Waals surface area contributed by atoms with E-state index in [2.05, 4.69) is 4.98 Å². The van der Waals surface area contributed by atoms with Crippen LogP contribution < -0.4 is 10.6 Å². The number of hydrogen-bond acceptors (Lipinski definition) is 2. The van der Waals surface area contributed by atoms with Crippen LogP contribution in [0.4, 0.5) is 5.69 Å². The molecule has 2 aromatic carbocycles. The minimum absolute atomic E-state index is 0.0266. The van der Waals surface area contributed by atoms with Gasteiger partial charge in [-0.05, 0) is 48.6 Å². The second-order valence-electron chi connectivity index (χ2n) is 4.59. The maximum atomic E-state index is 12.6. The van der Waals surface area contributed by atoms with Gasteiger partial charge in [0, 0.05) is 22.7 Å². The van der Waals surface area contributed by atoms with Crippen LogP contribution in [-0.4, -0.2) is 16.0 Å². The summed E-state index contributed by atoms with van der Waals surface area (Å²) in [5, 5.41) is 1.02. The molecular formula is C16H13N3OS. The third-order valence-corrected chi connectivity index (χ3v) is 3.42. The number of aromatic nitrogens is 1. The molecule has 0 unspecified atom stereocenters. The first-order valence-corrected chi connectivity index (χ1v) is 6.84. The topological polar surface area (TPSA) is 62.1 Å². The van der Waals surface area contributed by atoms with E-state index >= 15 is 0 Å². The quantitative estimate of drug-likeness (QED) is 0.714. The van der Waals surface area contributed by atoms with Gasteiger partial charge in [-0.15, -0.1) is 0 Å². The molecule has 1 amide bonds. The first-order valence-electron chi connectivity index (χ1n) is 6.43. The zero-order valence-corrected chi connectivity index (χ0v) is 11.9. The Hall–Kier alpha value is -2.66. The number of carbonyl (C=O) groups is 1. The van der Waals surface area contributed by atoms with Gasteiger partial charge in [-0.3, -0.25) is 9.69 Å². The molecule has 104 valence electrons. The number of H-pyrrole nitrogens is 1. The highest BCUT2D eigenvalue weighted by molar-refractivity contribution is 7.80. The molecule has 0 aliphatic heterocycles. The van der Waals surface area contributed by atoms with Gasteiger partial charge < -0.3 is 10.7 Å². The maximum Gasteiger partial charge on any atom is 0.264 e. The highest BCUT2D eigenvalue weighted by Crippen LogP contribution is 2.23. The second kappa shape index (κ2) is 5.38. The zero-order chi connectivity index (χ0) is 14.8. The van der Waals surface area contributed by atoms with Crippen LogP contribution in [0.25, 0.3) is 10.9 Å². The van der Waals surface area contributed by atoms with Crippen molar-refractivity contribution in [2.45, 2.75) is 0 Å². The van der Waals surface area contributed by atoms with E-state index < -0.39 is 0 Å². The van der Waals surface area contributed by atoms with Crippen LogP contribution in [0.15, 0.2) is 60.8 Å². The standard InChI is InChI=1S/C16H13N3OS/c17-16(21)19(15(20)11-4-2-1-3-5-11)13-6-7-14-12(10-13)8-9-18-14/h1-10,18H,(H2,17,21). The minimum atomic E-state index is -0.238. The van der Waals surface area contributed by atoms with Crippen molar-refractivity contribution < 1.29 is 4.79 Å². The largest absolute Gasteiger partial charge is 0.376 e. The van der Waals surface area contributed by atoms with Crippen LogP contribution in [0.5, 0.6) is 0 Å². The lowest BCUT2D eigenvalue weighted by Crippen LogP contribution is -2.40. The monoisotopic (exact) mass is 295 g/mol. The van der Waals surface area contributed by atoms with Crippen LogP contribution >= 0.6 is 12.2 Å². The number of hydrogen-bond donors (Lipinski definition) is 2. The molecule has 0 aliphatic rings. The highest BCUT2D eigenvalue weighted by Gasteiger charge is 2.20. The number of nitrogens with zero attached hydrogens (tertiary/aromatic N) is 1. The molecule has 0 spiro atoms. The van der Waals surface area contributed by atoms with Crippen molar-refractivity contribution in [1.29, 1.82) is 0 Å². The molecule has 0 saturated heterocycles. The summed E-state index contributed by atoms with van der Waals surface area (Å²) in [6, 6.07) is 16.5. The summed E-state index contributed by atoms with van der Waals surface area (Å²) in [5.74, 6) is -0.238. The molecule has 3 N–H and O–H groups in total. The Labute approximate surface area is 127 Å². The van der Waals surface area contributed by atoms with E-state index in [4.69, 9.17) is 18.0 Å². The maximum absolute atomic E-state index is 12.6. The van der Waals surface area contributed by atoms with Crippen LogP contribution in [0.3, 0.4) is 0 Å². The molecular weight excluding hydrogens is 282 g/mol. The third kappa shape index (κ3) is 2.51. The average molecular weight is 295 g/mol. The molecule has 0 bridgehead atoms. The lowest BCUT2D eigenvalue weighted by atomic mass is 10.1. The summed E-state index contributed by atoms with van der Waals surface area (Å²) in [7, 11) is 0. The number of fused-ring (bicyclic) bond motifs is 1. The number of anilines is 1. The van der Waals surface area contributed by atoms with Crippen LogP contribution in [0.1, 0.15) is 10.4 Å². The van der Waals surface area contributed by atoms with Crippen LogP contribution in [-0.2, 0) is 0 Å². The van der Waals surface area contributed by atoms with Crippen LogP contribution in [0.2, 0.25) is 0 Å². The van der Waals surface area contributed by atoms with E-state index in [9.17, 15) is 4.79 Å². The Balaban J connectivity index is 2.05. The molecule has 5 heteroatoms. The Kier molecular flexibility index (Phi) is 3.41. The zero-order valence-electron chi connectivity index (χ0n) is 11.1. The van der Waals surface area contributed by atoms with E-state index in [1.165, 1.54) is 4.90 Å². The van der Waals surface area contributed by atoms with Crippen molar-refractivity contribution in [3.63, 3.8) is 0 Å². The highest BCUT2D eigenvalue weighted by atomic mass is 32.1. The SMILES string of the molecule is NC(=S)N(C(=O)c1ccccc1)c1ccc2[nH]ccc2c1. The average Bonchev–Trinajstić information content (AvgIpc) is 2.95. The Morgan fingerprint density at radius 1 is 1.10 bits per heavy atom. The summed E-state index contributed by atoms with van der Waals surface area (Å²) in [6.07, 6.45) is 1.85. The number of carbonyl (C=O) groups excluding carboxylic acids is 1. The van der Waals surface area contributed by atoms with Crippen LogP contribution in [0, 0.1) is 0 Å². The van der Waals surface area contributed by atoms with Crippen molar-refractivity contribution in [3.05, 3.63) is 66.4 Å². The van der Waals surface area contributed by atoms with E-state index in [0.717, 1.165) is 10.9 Å². The third-order valence-electron chi connectivity index (χ3n) is 3.24. The Bertz CT molecular complexity index is 811. The molecule has 0 radical (unpaired) electrons. The first-order chi connectivity index (χ1) is 10.2. The lowest BCUT2D eigenvalue weighted by molar-refractivity contribution is 0.100. The fourth-order valence-corrected chi connectivity index (χ4v) is 2.42. The van der Waals surface area contributed by atoms with E-state index in [-0.39, 0.29) is 11.0 Å². The fraction of sp³-hybridized carbons (Fsp3) is 0. The smallest absolute Gasteiger partial charge is 0.264 e. The molecule has 21 heavy (non-hydrogen) atoms. The number of amides is 1. The number of rotatable bonds is 2. The van der Waals surface area contributed by atoms with Gasteiger partial charge in [0.15, 0.2) is 5.11 Å². The van der Waals surface area contributed by atoms with Gasteiger partial charge in [0.05, 0.1) is 5.69 Å². The fourth-order valence-electron chi connectivity index (χ4n) is 2.23. The first kappa shape index (κ1) is 13.3. The molecule has 3 rings (SSSR count). The molecule has 4 nitrogen and oxygen atoms in total. The summed E-state index contributed by atoms with van der Waals surface area (Å²) in [6.45, 7) is 0. The Morgan fingerprint density at radius 3 is 2.57 bits per heavy atom. The van der Waals surface area contributed by atoms with Gasteiger partial charge in [-0.25, -0.2) is 0 Å². The number of aromatic amines is 1. The van der Waals surface area contributed by atoms with Gasteiger partial charge in [0.25, 0.3) is 5.91 Å². The number of benzene rings is 2. The molecule has 0 fully saturated rings. The lowest BCUT2D eigenvalue weighted by Gasteiger charge is -2.21. The molecule has 3 aromatic rings. The number of thiocarbonyl (C=S) groups is 1. The molecule has 1 aromatic heterocycles. The molecule has 0 atom stereocenters. The summed E-state index contributed by atoms with van der Waals surface area (Å²) >= 11 is 5.05. The van der Waals surface area contributed by atoms with E-state index in [1.54, 1.807) is 24.3 Å². The van der Waals surface area contributed by atoms with E-state index in [1.807, 2.05) is 36.5 Å². The van der Waals surface area contributed by atoms with Gasteiger partial charge in [0.1, 0.15) is 0 Å². The van der Waals surface area contributed by atoms with Crippen molar-refractivity contribution in [3.8, 4) is 0 Å². The second-order valence-corrected chi connectivity index (χ2v) is 5.01. The van der Waals surface area contributed by atoms with Gasteiger partial charge in [-0.1, -0.05) is 18.2 Å². The summed E-state index contributed by atoms with van der Waals surface area (Å²) in [4.78, 5) is 17.1. The van der Waals surface area contributed by atoms with Gasteiger partial charge >= 0.3 is 0 Å². The van der Waals surface area contributed by atoms with Gasteiger partial charge in [-0.2, -0.15) is 0 Å². The molecule has 1 heterocycles. The van der Waals surface area contributed by atoms with Crippen molar-refractivity contribution in [1.82, 2.24) is 4.98 Å². The van der Waals surface area contributed by atoms with E-state index in [0.29, 0.717) is 11.3 Å². The molecule has 0 aliphatic carbocycles. The summed E-state index contributed by atoms with van der Waals surface area (Å²) < 4.78 is 0. The van der Waals surface area contributed by atoms with Crippen molar-refractivity contribution >= 4 is 39.8 Å². The van der Waals surface area contributed by atoms with Gasteiger partial charge in [0.2, 0.25) is 0 Å². The normalized spacial score (nSPS) is 10.5. The predicted octanol–water partition coefficient (Wildman–Crippen LogP) is 3.06. The Morgan fingerprint density at radius 2 is 1.86 bits per heavy atom. The molecule has 0 saturated carbocycles. The minimum Gasteiger partial charge on any atom is -0.376 e. The number of nitrogens with one attached hydrogen (secondary N) is 1. The summed E-state index contributed by atoms with van der Waals surface area (Å²) in [5.41, 5.74) is 7.95. The van der Waals surface area contributed by atoms with Crippen molar-refractivity contribution in [2.24, 2.45) is 5.73 Å².